The SMILES string of the molecule is Cc1cccnc1NC(=O)c1ccc2c(=O)[nH]c(=S)[nH]c2c1. The van der Waals surface area contributed by atoms with Gasteiger partial charge in [-0.25, -0.2) is 4.98 Å². The maximum Gasteiger partial charge on any atom is 0.259 e. The number of nitrogens with one attached hydrogen (secondary N) is 3. The maximum absolute atomic E-state index is 12.3. The van der Waals surface area contributed by atoms with Crippen LogP contribution in [0.15, 0.2) is 41.3 Å². The summed E-state index contributed by atoms with van der Waals surface area (Å²) in [6.45, 7) is 1.86. The first-order chi connectivity index (χ1) is 10.5. The number of H-pyrrole nitrogens is 2. The zero-order chi connectivity index (χ0) is 15.7. The monoisotopic (exact) mass is 312 g/mol. The second-order valence-electron chi connectivity index (χ2n) is 4.79. The third kappa shape index (κ3) is 2.66. The summed E-state index contributed by atoms with van der Waals surface area (Å²) in [5.41, 5.74) is 1.51. The van der Waals surface area contributed by atoms with Gasteiger partial charge in [-0.1, -0.05) is 6.07 Å². The van der Waals surface area contributed by atoms with E-state index in [1.165, 1.54) is 0 Å². The molecule has 2 heterocycles. The van der Waals surface area contributed by atoms with E-state index in [0.717, 1.165) is 5.56 Å². The van der Waals surface area contributed by atoms with Gasteiger partial charge in [0.1, 0.15) is 5.82 Å². The fourth-order valence-electron chi connectivity index (χ4n) is 2.11. The van der Waals surface area contributed by atoms with Crippen molar-refractivity contribution in [3.05, 3.63) is 62.8 Å². The van der Waals surface area contributed by atoms with E-state index >= 15 is 0 Å². The maximum atomic E-state index is 12.3. The van der Waals surface area contributed by atoms with E-state index < -0.39 is 0 Å². The standard InChI is InChI=1S/C15H12N4O2S/c1-8-3-2-6-16-12(8)18-13(20)9-4-5-10-11(7-9)17-15(22)19-14(10)21/h2-7H,1H3,(H,16,18,20)(H2,17,19,21,22). The van der Waals surface area contributed by atoms with Crippen molar-refractivity contribution >= 4 is 34.8 Å². The predicted molar refractivity (Wildman–Crippen MR) is 86.7 cm³/mol. The van der Waals surface area contributed by atoms with Gasteiger partial charge in [-0.2, -0.15) is 0 Å². The van der Waals surface area contributed by atoms with Gasteiger partial charge in [0.25, 0.3) is 11.5 Å². The molecule has 1 amide bonds. The first kappa shape index (κ1) is 14.2. The van der Waals surface area contributed by atoms with Gasteiger partial charge in [0.05, 0.1) is 10.9 Å². The van der Waals surface area contributed by atoms with Crippen LogP contribution in [0.3, 0.4) is 0 Å². The van der Waals surface area contributed by atoms with Crippen LogP contribution in [0.5, 0.6) is 0 Å². The molecule has 0 unspecified atom stereocenters. The molecule has 0 saturated heterocycles. The number of anilines is 1. The summed E-state index contributed by atoms with van der Waals surface area (Å²) in [4.78, 5) is 33.6. The van der Waals surface area contributed by atoms with Gasteiger partial charge in [0, 0.05) is 11.8 Å². The van der Waals surface area contributed by atoms with Crippen molar-refractivity contribution in [2.24, 2.45) is 0 Å². The van der Waals surface area contributed by atoms with Crippen LogP contribution in [0.25, 0.3) is 10.9 Å². The van der Waals surface area contributed by atoms with E-state index in [2.05, 4.69) is 20.3 Å². The minimum Gasteiger partial charge on any atom is -0.332 e. The van der Waals surface area contributed by atoms with E-state index in [4.69, 9.17) is 12.2 Å². The lowest BCUT2D eigenvalue weighted by Crippen LogP contribution is -2.15. The molecule has 0 radical (unpaired) electrons. The summed E-state index contributed by atoms with van der Waals surface area (Å²) in [7, 11) is 0. The molecule has 0 atom stereocenters. The number of hydrogen-bond donors (Lipinski definition) is 3. The summed E-state index contributed by atoms with van der Waals surface area (Å²) in [6.07, 6.45) is 1.61. The van der Waals surface area contributed by atoms with Crippen LogP contribution in [-0.2, 0) is 0 Å². The fourth-order valence-corrected chi connectivity index (χ4v) is 2.31. The highest BCUT2D eigenvalue weighted by atomic mass is 32.1. The molecule has 0 fully saturated rings. The predicted octanol–water partition coefficient (Wildman–Crippen LogP) is 2.54. The fraction of sp³-hybridized carbons (Fsp3) is 0.0667. The van der Waals surface area contributed by atoms with Gasteiger partial charge in [-0.3, -0.25) is 14.6 Å². The highest BCUT2D eigenvalue weighted by Crippen LogP contribution is 2.14. The quantitative estimate of drug-likeness (QED) is 0.634. The number of carbonyl (C=O) groups is 1. The van der Waals surface area contributed by atoms with Crippen LogP contribution >= 0.6 is 12.2 Å². The Kier molecular flexibility index (Phi) is 3.56. The normalized spacial score (nSPS) is 10.6. The number of fused-ring (bicyclic) bond motifs is 1. The number of aromatic amines is 2. The van der Waals surface area contributed by atoms with Crippen molar-refractivity contribution in [3.8, 4) is 0 Å². The van der Waals surface area contributed by atoms with Crippen LogP contribution in [0, 0.1) is 11.7 Å². The number of pyridine rings is 1. The molecule has 2 aromatic heterocycles. The zero-order valence-electron chi connectivity index (χ0n) is 11.6. The van der Waals surface area contributed by atoms with E-state index in [0.29, 0.717) is 22.3 Å². The Morgan fingerprint density at radius 1 is 1.27 bits per heavy atom. The lowest BCUT2D eigenvalue weighted by atomic mass is 10.1. The Hall–Kier alpha value is -2.80. The van der Waals surface area contributed by atoms with Crippen molar-refractivity contribution in [2.75, 3.05) is 5.32 Å². The highest BCUT2D eigenvalue weighted by molar-refractivity contribution is 7.71. The first-order valence-electron chi connectivity index (χ1n) is 6.54. The molecule has 1 aromatic carbocycles. The summed E-state index contributed by atoms with van der Waals surface area (Å²) >= 11 is 4.94. The van der Waals surface area contributed by atoms with E-state index in [1.54, 1.807) is 30.5 Å². The van der Waals surface area contributed by atoms with Crippen LogP contribution in [0.1, 0.15) is 15.9 Å². The Labute approximate surface area is 130 Å². The van der Waals surface area contributed by atoms with Gasteiger partial charge in [0.2, 0.25) is 0 Å². The smallest absolute Gasteiger partial charge is 0.259 e. The van der Waals surface area contributed by atoms with Crippen molar-refractivity contribution in [3.63, 3.8) is 0 Å². The van der Waals surface area contributed by atoms with Gasteiger partial charge in [-0.05, 0) is 49.0 Å². The third-order valence-corrected chi connectivity index (χ3v) is 3.45. The molecule has 7 heteroatoms. The molecule has 3 aromatic rings. The number of nitrogens with zero attached hydrogens (tertiary/aromatic N) is 1. The molecular formula is C15H12N4O2S. The van der Waals surface area contributed by atoms with Crippen LogP contribution in [-0.4, -0.2) is 20.9 Å². The highest BCUT2D eigenvalue weighted by Gasteiger charge is 2.10. The molecule has 0 spiro atoms. The third-order valence-electron chi connectivity index (χ3n) is 3.24. The zero-order valence-corrected chi connectivity index (χ0v) is 12.5. The van der Waals surface area contributed by atoms with E-state index in [-0.39, 0.29) is 16.2 Å². The molecule has 3 N–H and O–H groups in total. The molecule has 0 saturated carbocycles. The number of rotatable bonds is 2. The second kappa shape index (κ2) is 5.53. The summed E-state index contributed by atoms with van der Waals surface area (Å²) in [5, 5.41) is 3.19. The Morgan fingerprint density at radius 2 is 2.09 bits per heavy atom. The Balaban J connectivity index is 2.00. The molecule has 0 bridgehead atoms. The Bertz CT molecular complexity index is 990. The van der Waals surface area contributed by atoms with E-state index in [9.17, 15) is 9.59 Å². The van der Waals surface area contributed by atoms with Crippen molar-refractivity contribution in [1.29, 1.82) is 0 Å². The summed E-state index contributed by atoms with van der Waals surface area (Å²) in [6, 6.07) is 8.42. The largest absolute Gasteiger partial charge is 0.332 e. The summed E-state index contributed by atoms with van der Waals surface area (Å²) in [5.74, 6) is 0.203. The lowest BCUT2D eigenvalue weighted by molar-refractivity contribution is 0.102. The molecule has 6 nitrogen and oxygen atoms in total. The molecular weight excluding hydrogens is 300 g/mol. The number of hydrogen-bond acceptors (Lipinski definition) is 4. The van der Waals surface area contributed by atoms with Gasteiger partial charge in [0.15, 0.2) is 4.77 Å². The van der Waals surface area contributed by atoms with E-state index in [1.807, 2.05) is 13.0 Å². The number of aromatic nitrogens is 3. The topological polar surface area (TPSA) is 90.6 Å². The van der Waals surface area contributed by atoms with Crippen LogP contribution in [0.2, 0.25) is 0 Å². The molecule has 0 aliphatic rings. The molecule has 110 valence electrons. The lowest BCUT2D eigenvalue weighted by Gasteiger charge is -2.07. The molecule has 0 aliphatic heterocycles. The first-order valence-corrected chi connectivity index (χ1v) is 6.95. The molecule has 3 rings (SSSR count). The number of aryl methyl sites for hydroxylation is 1. The van der Waals surface area contributed by atoms with Crippen molar-refractivity contribution < 1.29 is 4.79 Å². The number of benzene rings is 1. The average molecular weight is 312 g/mol. The van der Waals surface area contributed by atoms with Crippen LogP contribution in [0.4, 0.5) is 5.82 Å². The minimum absolute atomic E-state index is 0.218. The van der Waals surface area contributed by atoms with Gasteiger partial charge < -0.3 is 10.3 Å². The number of amides is 1. The summed E-state index contributed by atoms with van der Waals surface area (Å²) < 4.78 is 0.218. The van der Waals surface area contributed by atoms with Crippen molar-refractivity contribution in [1.82, 2.24) is 15.0 Å². The minimum atomic E-state index is -0.302. The van der Waals surface area contributed by atoms with Gasteiger partial charge in [-0.15, -0.1) is 0 Å². The average Bonchev–Trinajstić information content (AvgIpc) is 2.48. The van der Waals surface area contributed by atoms with Gasteiger partial charge >= 0.3 is 0 Å². The number of carbonyl (C=O) groups excluding carboxylic acids is 1. The molecule has 0 aliphatic carbocycles. The second-order valence-corrected chi connectivity index (χ2v) is 5.20. The Morgan fingerprint density at radius 3 is 2.86 bits per heavy atom. The van der Waals surface area contributed by atoms with Crippen LogP contribution < -0.4 is 10.9 Å². The van der Waals surface area contributed by atoms with Crippen molar-refractivity contribution in [2.45, 2.75) is 6.92 Å². The molecule has 22 heavy (non-hydrogen) atoms.